The van der Waals surface area contributed by atoms with Crippen LogP contribution in [0.1, 0.15) is 25.3 Å². The summed E-state index contributed by atoms with van der Waals surface area (Å²) >= 11 is 3.47. The monoisotopic (exact) mass is 363 g/mol. The Morgan fingerprint density at radius 3 is 2.76 bits per heavy atom. The maximum absolute atomic E-state index is 4.93. The molecular weight excluding hydrogens is 346 g/mol. The number of hydrogen-bond acceptors (Lipinski definition) is 5. The third-order valence-corrected chi connectivity index (χ3v) is 5.99. The molecule has 2 aromatic carbocycles. The van der Waals surface area contributed by atoms with E-state index in [9.17, 15) is 0 Å². The number of hydrogen-bond donors (Lipinski definition) is 0. The van der Waals surface area contributed by atoms with Crippen LogP contribution in [0.25, 0.3) is 0 Å². The molecule has 25 heavy (non-hydrogen) atoms. The maximum Gasteiger partial charge on any atom is 0.130 e. The summed E-state index contributed by atoms with van der Waals surface area (Å²) in [4.78, 5) is 17.2. The van der Waals surface area contributed by atoms with Crippen molar-refractivity contribution in [2.75, 3.05) is 0 Å². The lowest BCUT2D eigenvalue weighted by atomic mass is 10.1. The van der Waals surface area contributed by atoms with Gasteiger partial charge in [0.05, 0.1) is 11.9 Å². The van der Waals surface area contributed by atoms with E-state index in [1.54, 1.807) is 36.0 Å². The van der Waals surface area contributed by atoms with Crippen molar-refractivity contribution in [3.05, 3.63) is 66.6 Å². The minimum Gasteiger partial charge on any atom is -0.248 e. The van der Waals surface area contributed by atoms with Gasteiger partial charge in [-0.25, -0.2) is 15.0 Å². The van der Waals surface area contributed by atoms with Crippen LogP contribution in [-0.4, -0.2) is 15.7 Å². The van der Waals surface area contributed by atoms with Gasteiger partial charge in [0.2, 0.25) is 0 Å². The fourth-order valence-electron chi connectivity index (χ4n) is 2.77. The van der Waals surface area contributed by atoms with Crippen molar-refractivity contribution in [3.63, 3.8) is 0 Å². The molecule has 0 saturated carbocycles. The van der Waals surface area contributed by atoms with Crippen LogP contribution in [0.3, 0.4) is 0 Å². The van der Waals surface area contributed by atoms with Gasteiger partial charge in [0.15, 0.2) is 0 Å². The highest BCUT2D eigenvalue weighted by Crippen LogP contribution is 2.43. The first-order valence-electron chi connectivity index (χ1n) is 8.27. The molecule has 0 spiro atoms. The molecule has 1 aromatic heterocycles. The average Bonchev–Trinajstić information content (AvgIpc) is 2.80. The Labute approximate surface area is 156 Å². The van der Waals surface area contributed by atoms with Gasteiger partial charge in [-0.15, -0.1) is 0 Å². The molecule has 0 saturated heterocycles. The molecule has 0 aliphatic carbocycles. The lowest BCUT2D eigenvalue weighted by molar-refractivity contribution is 0.982. The molecule has 3 nitrogen and oxygen atoms in total. The summed E-state index contributed by atoms with van der Waals surface area (Å²) in [6.07, 6.45) is 5.39. The number of nitrogens with zero attached hydrogens (tertiary/aromatic N) is 3. The summed E-state index contributed by atoms with van der Waals surface area (Å²) in [6, 6.07) is 16.9. The first-order chi connectivity index (χ1) is 12.3. The average molecular weight is 364 g/mol. The van der Waals surface area contributed by atoms with E-state index in [1.807, 2.05) is 6.07 Å². The van der Waals surface area contributed by atoms with Crippen LogP contribution >= 0.6 is 23.5 Å². The number of benzene rings is 2. The summed E-state index contributed by atoms with van der Waals surface area (Å²) in [5.41, 5.74) is 3.22. The number of rotatable bonds is 4. The highest BCUT2D eigenvalue weighted by atomic mass is 32.2. The van der Waals surface area contributed by atoms with Crippen LogP contribution in [0.4, 0.5) is 5.69 Å². The van der Waals surface area contributed by atoms with Crippen molar-refractivity contribution >= 4 is 34.9 Å². The minimum atomic E-state index is 0.864. The zero-order valence-electron chi connectivity index (χ0n) is 13.8. The van der Waals surface area contributed by atoms with E-state index in [-0.39, 0.29) is 0 Å². The first kappa shape index (κ1) is 16.4. The molecule has 0 amide bonds. The first-order valence-corrected chi connectivity index (χ1v) is 9.90. The number of aliphatic imine (C=N–C) groups is 1. The zero-order chi connectivity index (χ0) is 17.1. The highest BCUT2D eigenvalue weighted by Gasteiger charge is 2.21. The quantitative estimate of drug-likeness (QED) is 0.532. The third-order valence-electron chi connectivity index (χ3n) is 3.85. The van der Waals surface area contributed by atoms with E-state index in [0.29, 0.717) is 0 Å². The van der Waals surface area contributed by atoms with Crippen LogP contribution in [0, 0.1) is 0 Å². The summed E-state index contributed by atoms with van der Waals surface area (Å²) in [5.74, 6) is 0. The largest absolute Gasteiger partial charge is 0.248 e. The fourth-order valence-corrected chi connectivity index (χ4v) is 4.85. The zero-order valence-corrected chi connectivity index (χ0v) is 15.5. The molecule has 3 aromatic rings. The van der Waals surface area contributed by atoms with E-state index in [2.05, 4.69) is 59.4 Å². The van der Waals surface area contributed by atoms with E-state index in [4.69, 9.17) is 4.99 Å². The predicted octanol–water partition coefficient (Wildman–Crippen LogP) is 6.01. The van der Waals surface area contributed by atoms with Gasteiger partial charge in [0.1, 0.15) is 17.0 Å². The van der Waals surface area contributed by atoms with Gasteiger partial charge in [-0.05, 0) is 30.7 Å². The molecule has 1 aliphatic rings. The molecule has 4 rings (SSSR count). The van der Waals surface area contributed by atoms with Gasteiger partial charge in [-0.2, -0.15) is 0 Å². The van der Waals surface area contributed by atoms with Crippen molar-refractivity contribution in [1.82, 2.24) is 9.97 Å². The lowest BCUT2D eigenvalue weighted by Crippen LogP contribution is -2.03. The molecule has 0 bridgehead atoms. The molecule has 0 atom stereocenters. The molecule has 124 valence electrons. The second-order valence-electron chi connectivity index (χ2n) is 5.67. The van der Waals surface area contributed by atoms with Crippen LogP contribution in [0.15, 0.2) is 85.8 Å². The second kappa shape index (κ2) is 7.42. The molecule has 5 heteroatoms. The van der Waals surface area contributed by atoms with E-state index < -0.39 is 0 Å². The van der Waals surface area contributed by atoms with Crippen molar-refractivity contribution in [3.8, 4) is 0 Å². The van der Waals surface area contributed by atoms with Crippen LogP contribution in [-0.2, 0) is 0 Å². The smallest absolute Gasteiger partial charge is 0.130 e. The minimum absolute atomic E-state index is 0.864. The Morgan fingerprint density at radius 1 is 1.04 bits per heavy atom. The summed E-state index contributed by atoms with van der Waals surface area (Å²) in [5, 5.41) is 0.921. The Bertz CT molecular complexity index is 923. The van der Waals surface area contributed by atoms with Gasteiger partial charge in [-0.3, -0.25) is 0 Å². The van der Waals surface area contributed by atoms with E-state index >= 15 is 0 Å². The van der Waals surface area contributed by atoms with Crippen molar-refractivity contribution in [2.24, 2.45) is 4.99 Å². The Kier molecular flexibility index (Phi) is 4.85. The summed E-state index contributed by atoms with van der Waals surface area (Å²) < 4.78 is 0. The second-order valence-corrected chi connectivity index (χ2v) is 7.81. The van der Waals surface area contributed by atoms with E-state index in [0.717, 1.165) is 29.3 Å². The molecule has 2 heterocycles. The van der Waals surface area contributed by atoms with Crippen LogP contribution < -0.4 is 0 Å². The highest BCUT2D eigenvalue weighted by molar-refractivity contribution is 8.00. The number of aromatic nitrogens is 2. The predicted molar refractivity (Wildman–Crippen MR) is 104 cm³/mol. The molecule has 0 N–H and O–H groups in total. The SMILES string of the molecule is CCCC1=Nc2cncnc2Sc2cccc(Sc3ccccc3)c21. The lowest BCUT2D eigenvalue weighted by Gasteiger charge is -2.13. The van der Waals surface area contributed by atoms with Gasteiger partial charge >= 0.3 is 0 Å². The number of fused-ring (bicyclic) bond motifs is 2. The topological polar surface area (TPSA) is 38.1 Å². The van der Waals surface area contributed by atoms with Gasteiger partial charge in [-0.1, -0.05) is 61.1 Å². The van der Waals surface area contributed by atoms with Gasteiger partial charge < -0.3 is 0 Å². The summed E-state index contributed by atoms with van der Waals surface area (Å²) in [6.45, 7) is 2.19. The standard InChI is InChI=1S/C20H17N3S2/c1-2-7-15-19-17(24-14-8-4-3-5-9-14)10-6-11-18(19)25-20-16(23-15)12-21-13-22-20/h3-6,8-13H,2,7H2,1H3. The molecule has 0 fully saturated rings. The molecule has 1 aliphatic heterocycles. The Morgan fingerprint density at radius 2 is 1.92 bits per heavy atom. The third kappa shape index (κ3) is 3.48. The van der Waals surface area contributed by atoms with Gasteiger partial charge in [0.25, 0.3) is 0 Å². The summed E-state index contributed by atoms with van der Waals surface area (Å²) in [7, 11) is 0. The van der Waals surface area contributed by atoms with Gasteiger partial charge in [0, 0.05) is 20.2 Å². The van der Waals surface area contributed by atoms with Crippen molar-refractivity contribution in [1.29, 1.82) is 0 Å². The van der Waals surface area contributed by atoms with Crippen LogP contribution in [0.5, 0.6) is 0 Å². The van der Waals surface area contributed by atoms with E-state index in [1.165, 1.54) is 20.2 Å². The molecule has 0 radical (unpaired) electrons. The van der Waals surface area contributed by atoms with Crippen molar-refractivity contribution < 1.29 is 0 Å². The normalized spacial score (nSPS) is 12.8. The van der Waals surface area contributed by atoms with Crippen molar-refractivity contribution in [2.45, 2.75) is 39.5 Å². The Balaban J connectivity index is 1.85. The molecular formula is C20H17N3S2. The Hall–Kier alpha value is -2.11. The fraction of sp³-hybridized carbons (Fsp3) is 0.150. The maximum atomic E-state index is 4.93. The van der Waals surface area contributed by atoms with Crippen LogP contribution in [0.2, 0.25) is 0 Å². The molecule has 0 unspecified atom stereocenters.